The highest BCUT2D eigenvalue weighted by molar-refractivity contribution is 7.90. The van der Waals surface area contributed by atoms with E-state index in [1.165, 1.54) is 12.1 Å². The molecule has 0 fully saturated rings. The first-order valence-corrected chi connectivity index (χ1v) is 10.6. The Morgan fingerprint density at radius 3 is 2.48 bits per heavy atom. The van der Waals surface area contributed by atoms with Gasteiger partial charge in [-0.1, -0.05) is 24.3 Å². The fourth-order valence-electron chi connectivity index (χ4n) is 3.01. The molecule has 8 nitrogen and oxygen atoms in total. The van der Waals surface area contributed by atoms with Gasteiger partial charge in [0.1, 0.15) is 11.5 Å². The number of nitrogens with one attached hydrogen (secondary N) is 1. The molecule has 0 aromatic heterocycles. The third-order valence-corrected chi connectivity index (χ3v) is 6.27. The maximum atomic E-state index is 12.4. The maximum Gasteiger partial charge on any atom is 0.269 e. The lowest BCUT2D eigenvalue weighted by Crippen LogP contribution is -2.33. The van der Waals surface area contributed by atoms with Crippen molar-refractivity contribution in [2.24, 2.45) is 0 Å². The van der Waals surface area contributed by atoms with Crippen LogP contribution in [0.4, 0.5) is 0 Å². The zero-order valence-electron chi connectivity index (χ0n) is 16.0. The molecular formula is C20H22N2O6S. The Balaban J connectivity index is 1.41. The summed E-state index contributed by atoms with van der Waals surface area (Å²) >= 11 is 0. The van der Waals surface area contributed by atoms with E-state index in [2.05, 4.69) is 5.32 Å². The first-order valence-electron chi connectivity index (χ1n) is 9.14. The second kappa shape index (κ2) is 8.95. The molecule has 9 heteroatoms. The Bertz CT molecular complexity index is 1010. The average Bonchev–Trinajstić information content (AvgIpc) is 2.92. The van der Waals surface area contributed by atoms with E-state index in [0.717, 1.165) is 4.31 Å². The number of fused-ring (bicyclic) bond motifs is 1. The predicted octanol–water partition coefficient (Wildman–Crippen LogP) is 1.82. The molecule has 1 aliphatic heterocycles. The van der Waals surface area contributed by atoms with E-state index in [4.69, 9.17) is 9.47 Å². The van der Waals surface area contributed by atoms with Gasteiger partial charge in [-0.05, 0) is 30.7 Å². The van der Waals surface area contributed by atoms with Gasteiger partial charge in [-0.15, -0.1) is 0 Å². The Morgan fingerprint density at radius 1 is 1.07 bits per heavy atom. The van der Waals surface area contributed by atoms with Gasteiger partial charge in [0.2, 0.25) is 5.91 Å². The van der Waals surface area contributed by atoms with Gasteiger partial charge >= 0.3 is 0 Å². The van der Waals surface area contributed by atoms with Crippen molar-refractivity contribution in [3.05, 3.63) is 54.1 Å². The molecule has 29 heavy (non-hydrogen) atoms. The number of carbonyl (C=O) groups excluding carboxylic acids is 2. The first-order chi connectivity index (χ1) is 13.9. The number of hydrogen-bond acceptors (Lipinski definition) is 6. The number of amides is 2. The summed E-state index contributed by atoms with van der Waals surface area (Å²) in [7, 11) is -2.28. The topological polar surface area (TPSA) is 102 Å². The van der Waals surface area contributed by atoms with E-state index in [1.807, 2.05) is 12.1 Å². The molecule has 0 saturated carbocycles. The third kappa shape index (κ3) is 4.51. The van der Waals surface area contributed by atoms with Crippen molar-refractivity contribution < 1.29 is 27.5 Å². The van der Waals surface area contributed by atoms with E-state index in [0.29, 0.717) is 18.0 Å². The summed E-state index contributed by atoms with van der Waals surface area (Å²) in [5, 5.41) is 2.71. The number of carbonyl (C=O) groups is 2. The zero-order chi connectivity index (χ0) is 20.9. The van der Waals surface area contributed by atoms with Gasteiger partial charge in [0.05, 0.1) is 19.2 Å². The number of para-hydroxylation sites is 2. The molecule has 0 aliphatic carbocycles. The van der Waals surface area contributed by atoms with Crippen LogP contribution in [0.3, 0.4) is 0 Å². The second-order valence-corrected chi connectivity index (χ2v) is 8.16. The van der Waals surface area contributed by atoms with Crippen molar-refractivity contribution >= 4 is 21.8 Å². The summed E-state index contributed by atoms with van der Waals surface area (Å²) in [5.74, 6) is 0.402. The summed E-state index contributed by atoms with van der Waals surface area (Å²) in [4.78, 5) is 24.3. The number of hydrogen-bond donors (Lipinski definition) is 1. The van der Waals surface area contributed by atoms with Gasteiger partial charge in [0.25, 0.3) is 15.9 Å². The molecule has 0 spiro atoms. The first kappa shape index (κ1) is 20.7. The lowest BCUT2D eigenvalue weighted by Gasteiger charge is -2.15. The van der Waals surface area contributed by atoms with Crippen molar-refractivity contribution in [1.82, 2.24) is 9.62 Å². The molecule has 1 N–H and O–H groups in total. The van der Waals surface area contributed by atoms with Crippen LogP contribution < -0.4 is 14.8 Å². The predicted molar refractivity (Wildman–Crippen MR) is 105 cm³/mol. The normalized spacial score (nSPS) is 14.4. The highest BCUT2D eigenvalue weighted by Gasteiger charge is 2.40. The smallest absolute Gasteiger partial charge is 0.269 e. The number of benzene rings is 2. The fourth-order valence-corrected chi connectivity index (χ4v) is 4.62. The summed E-state index contributed by atoms with van der Waals surface area (Å²) in [6.07, 6.45) is 0.336. The molecule has 2 aromatic rings. The van der Waals surface area contributed by atoms with Crippen LogP contribution in [0, 0.1) is 0 Å². The molecule has 1 aliphatic rings. The molecule has 0 atom stereocenters. The molecule has 2 amide bonds. The number of nitrogens with zero attached hydrogens (tertiary/aromatic N) is 1. The summed E-state index contributed by atoms with van der Waals surface area (Å²) in [6.45, 7) is 0.519. The van der Waals surface area contributed by atoms with Crippen LogP contribution in [-0.2, 0) is 14.8 Å². The second-order valence-electron chi connectivity index (χ2n) is 6.33. The number of rotatable bonds is 9. The van der Waals surface area contributed by atoms with E-state index < -0.39 is 15.9 Å². The van der Waals surface area contributed by atoms with Crippen LogP contribution in [0.25, 0.3) is 0 Å². The van der Waals surface area contributed by atoms with Gasteiger partial charge in [0.15, 0.2) is 11.5 Å². The van der Waals surface area contributed by atoms with Crippen molar-refractivity contribution in [1.29, 1.82) is 0 Å². The molecule has 0 bridgehead atoms. The van der Waals surface area contributed by atoms with Gasteiger partial charge < -0.3 is 14.8 Å². The van der Waals surface area contributed by atoms with Gasteiger partial charge in [-0.2, -0.15) is 0 Å². The van der Waals surface area contributed by atoms with Crippen LogP contribution >= 0.6 is 0 Å². The largest absolute Gasteiger partial charge is 0.493 e. The molecular weight excluding hydrogens is 396 g/mol. The lowest BCUT2D eigenvalue weighted by atomic mass is 10.2. The summed E-state index contributed by atoms with van der Waals surface area (Å²) < 4.78 is 36.5. The van der Waals surface area contributed by atoms with Gasteiger partial charge in [0, 0.05) is 13.0 Å². The van der Waals surface area contributed by atoms with Crippen LogP contribution in [0.5, 0.6) is 11.5 Å². The lowest BCUT2D eigenvalue weighted by molar-refractivity contribution is -0.121. The Morgan fingerprint density at radius 2 is 1.76 bits per heavy atom. The Hall–Kier alpha value is -3.07. The molecule has 2 aromatic carbocycles. The van der Waals surface area contributed by atoms with Crippen LogP contribution in [0.1, 0.15) is 23.2 Å². The van der Waals surface area contributed by atoms with Crippen LogP contribution in [0.2, 0.25) is 0 Å². The zero-order valence-corrected chi connectivity index (χ0v) is 16.8. The third-order valence-electron chi connectivity index (χ3n) is 4.43. The van der Waals surface area contributed by atoms with E-state index in [-0.39, 0.29) is 42.4 Å². The molecule has 0 unspecified atom stereocenters. The number of ether oxygens (including phenoxy) is 2. The standard InChI is InChI=1S/C20H22N2O6S/c1-27-16-8-3-4-9-17(16)28-14-12-21-19(23)11-6-13-22-20(24)15-7-2-5-10-18(15)29(22,25)26/h2-5,7-10H,6,11-14H2,1H3,(H,21,23). The van der Waals surface area contributed by atoms with E-state index in [1.54, 1.807) is 31.4 Å². The number of sulfonamides is 1. The van der Waals surface area contributed by atoms with E-state index >= 15 is 0 Å². The van der Waals surface area contributed by atoms with Gasteiger partial charge in [-0.3, -0.25) is 9.59 Å². The minimum absolute atomic E-state index is 0.0166. The summed E-state index contributed by atoms with van der Waals surface area (Å²) in [6, 6.07) is 13.3. The molecule has 0 saturated heterocycles. The quantitative estimate of drug-likeness (QED) is 0.623. The fraction of sp³-hybridized carbons (Fsp3) is 0.300. The highest BCUT2D eigenvalue weighted by atomic mass is 32.2. The Labute approximate surface area is 169 Å². The SMILES string of the molecule is COc1ccccc1OCCNC(=O)CCCN1C(=O)c2ccccc2S1(=O)=O. The monoisotopic (exact) mass is 418 g/mol. The molecule has 3 rings (SSSR count). The van der Waals surface area contributed by atoms with Crippen LogP contribution in [0.15, 0.2) is 53.4 Å². The average molecular weight is 418 g/mol. The van der Waals surface area contributed by atoms with Crippen LogP contribution in [-0.4, -0.2) is 51.3 Å². The number of methoxy groups -OCH3 is 1. The van der Waals surface area contributed by atoms with Gasteiger partial charge in [-0.25, -0.2) is 12.7 Å². The summed E-state index contributed by atoms with van der Waals surface area (Å²) in [5.41, 5.74) is 0.172. The maximum absolute atomic E-state index is 12.4. The molecule has 1 heterocycles. The molecule has 154 valence electrons. The molecule has 0 radical (unpaired) electrons. The van der Waals surface area contributed by atoms with Crippen molar-refractivity contribution in [2.75, 3.05) is 26.8 Å². The van der Waals surface area contributed by atoms with Crippen molar-refractivity contribution in [3.8, 4) is 11.5 Å². The van der Waals surface area contributed by atoms with Crippen molar-refractivity contribution in [3.63, 3.8) is 0 Å². The minimum Gasteiger partial charge on any atom is -0.493 e. The van der Waals surface area contributed by atoms with Crippen molar-refractivity contribution in [2.45, 2.75) is 17.7 Å². The minimum atomic E-state index is -3.83. The Kier molecular flexibility index (Phi) is 6.38. The van der Waals surface area contributed by atoms with E-state index in [9.17, 15) is 18.0 Å². The highest BCUT2D eigenvalue weighted by Crippen LogP contribution is 2.30.